The average Bonchev–Trinajstić information content (AvgIpc) is 2.87. The Hall–Kier alpha value is -2.08. The second-order valence-electron chi connectivity index (χ2n) is 4.38. The minimum absolute atomic E-state index is 0.153. The molecule has 0 bridgehead atoms. The predicted octanol–water partition coefficient (Wildman–Crippen LogP) is 1.20. The first-order valence-electron chi connectivity index (χ1n) is 5.96. The van der Waals surface area contributed by atoms with E-state index in [0.29, 0.717) is 17.3 Å². The molecule has 2 N–H and O–H groups in total. The molecule has 1 fully saturated rings. The van der Waals surface area contributed by atoms with Crippen LogP contribution in [0.5, 0.6) is 0 Å². The van der Waals surface area contributed by atoms with Gasteiger partial charge in [-0.1, -0.05) is 11.6 Å². The average molecular weight is 297 g/mol. The van der Waals surface area contributed by atoms with Crippen molar-refractivity contribution in [1.29, 1.82) is 0 Å². The number of nitrogens with one attached hydrogen (secondary N) is 2. The Morgan fingerprint density at radius 2 is 2.20 bits per heavy atom. The van der Waals surface area contributed by atoms with Crippen LogP contribution >= 0.6 is 11.6 Å². The van der Waals surface area contributed by atoms with Crippen LogP contribution in [-0.4, -0.2) is 31.4 Å². The van der Waals surface area contributed by atoms with Gasteiger partial charge in [0, 0.05) is 13.0 Å². The number of carbonyl (C=O) groups is 3. The Labute approximate surface area is 120 Å². The van der Waals surface area contributed by atoms with Crippen LogP contribution in [0.25, 0.3) is 0 Å². The third-order valence-corrected chi connectivity index (χ3v) is 3.32. The summed E-state index contributed by atoms with van der Waals surface area (Å²) < 4.78 is 4.60. The summed E-state index contributed by atoms with van der Waals surface area (Å²) in [5, 5.41) is 5.51. The molecule has 106 valence electrons. The fraction of sp³-hybridized carbons (Fsp3) is 0.308. The number of carbonyl (C=O) groups excluding carboxylic acids is 3. The van der Waals surface area contributed by atoms with Crippen LogP contribution in [0.3, 0.4) is 0 Å². The van der Waals surface area contributed by atoms with Gasteiger partial charge in [-0.3, -0.25) is 9.59 Å². The lowest BCUT2D eigenvalue weighted by molar-refractivity contribution is -0.123. The van der Waals surface area contributed by atoms with Crippen molar-refractivity contribution in [2.75, 3.05) is 19.0 Å². The van der Waals surface area contributed by atoms with E-state index in [0.717, 1.165) is 0 Å². The molecule has 1 aromatic rings. The molecule has 0 aromatic heterocycles. The van der Waals surface area contributed by atoms with Gasteiger partial charge in [-0.05, 0) is 18.2 Å². The van der Waals surface area contributed by atoms with Gasteiger partial charge in [0.15, 0.2) is 0 Å². The molecule has 1 aliphatic heterocycles. The van der Waals surface area contributed by atoms with Gasteiger partial charge in [-0.25, -0.2) is 4.79 Å². The molecule has 0 saturated carbocycles. The highest BCUT2D eigenvalue weighted by Crippen LogP contribution is 2.24. The zero-order chi connectivity index (χ0) is 14.7. The molecule has 1 aliphatic rings. The van der Waals surface area contributed by atoms with Crippen LogP contribution in [0.2, 0.25) is 5.02 Å². The van der Waals surface area contributed by atoms with E-state index in [2.05, 4.69) is 15.4 Å². The van der Waals surface area contributed by atoms with Gasteiger partial charge in [0.25, 0.3) is 0 Å². The molecule has 20 heavy (non-hydrogen) atoms. The molecule has 1 aromatic carbocycles. The van der Waals surface area contributed by atoms with Gasteiger partial charge in [0.2, 0.25) is 11.8 Å². The van der Waals surface area contributed by atoms with Crippen LogP contribution in [0.1, 0.15) is 16.8 Å². The zero-order valence-corrected chi connectivity index (χ0v) is 11.5. The van der Waals surface area contributed by atoms with Crippen LogP contribution in [0.15, 0.2) is 18.2 Å². The zero-order valence-electron chi connectivity index (χ0n) is 10.7. The first-order valence-corrected chi connectivity index (χ1v) is 6.34. The normalized spacial score (nSPS) is 17.5. The molecule has 6 nitrogen and oxygen atoms in total. The Morgan fingerprint density at radius 1 is 1.45 bits per heavy atom. The van der Waals surface area contributed by atoms with E-state index in [-0.39, 0.29) is 23.8 Å². The molecule has 0 aliphatic carbocycles. The Bertz CT molecular complexity index is 573. The molecule has 0 spiro atoms. The van der Waals surface area contributed by atoms with Gasteiger partial charge in [-0.2, -0.15) is 0 Å². The summed E-state index contributed by atoms with van der Waals surface area (Å²) in [7, 11) is 1.27. The number of methoxy groups -OCH3 is 1. The van der Waals surface area contributed by atoms with Crippen molar-refractivity contribution in [3.63, 3.8) is 0 Å². The van der Waals surface area contributed by atoms with Crippen molar-refractivity contribution in [2.45, 2.75) is 6.42 Å². The van der Waals surface area contributed by atoms with Crippen molar-refractivity contribution in [1.82, 2.24) is 5.32 Å². The smallest absolute Gasteiger partial charge is 0.337 e. The Kier molecular flexibility index (Phi) is 4.24. The van der Waals surface area contributed by atoms with Gasteiger partial charge in [0.05, 0.1) is 29.3 Å². The Balaban J connectivity index is 2.14. The second-order valence-corrected chi connectivity index (χ2v) is 4.79. The molecule has 1 heterocycles. The topological polar surface area (TPSA) is 84.5 Å². The van der Waals surface area contributed by atoms with Crippen molar-refractivity contribution in [3.8, 4) is 0 Å². The molecule has 1 saturated heterocycles. The third-order valence-electron chi connectivity index (χ3n) is 2.99. The number of hydrogen-bond donors (Lipinski definition) is 2. The predicted molar refractivity (Wildman–Crippen MR) is 72.5 cm³/mol. The summed E-state index contributed by atoms with van der Waals surface area (Å²) in [6.45, 7) is 0.305. The number of esters is 1. The number of benzene rings is 1. The fourth-order valence-electron chi connectivity index (χ4n) is 1.89. The highest BCUT2D eigenvalue weighted by Gasteiger charge is 2.28. The molecule has 1 unspecified atom stereocenters. The monoisotopic (exact) mass is 296 g/mol. The van der Waals surface area contributed by atoms with Crippen molar-refractivity contribution in [2.24, 2.45) is 5.92 Å². The Morgan fingerprint density at radius 3 is 2.80 bits per heavy atom. The summed E-state index contributed by atoms with van der Waals surface area (Å²) in [6.07, 6.45) is 0.153. The minimum atomic E-state index is -0.519. The maximum Gasteiger partial charge on any atom is 0.337 e. The van der Waals surface area contributed by atoms with E-state index in [1.807, 2.05) is 0 Å². The quantitative estimate of drug-likeness (QED) is 0.821. The van der Waals surface area contributed by atoms with Gasteiger partial charge < -0.3 is 15.4 Å². The minimum Gasteiger partial charge on any atom is -0.465 e. The summed E-state index contributed by atoms with van der Waals surface area (Å²) in [4.78, 5) is 34.5. The van der Waals surface area contributed by atoms with Crippen molar-refractivity contribution in [3.05, 3.63) is 28.8 Å². The number of anilines is 1. The number of rotatable bonds is 3. The van der Waals surface area contributed by atoms with E-state index >= 15 is 0 Å². The molecule has 0 radical (unpaired) electrons. The number of ether oxygens (including phenoxy) is 1. The third kappa shape index (κ3) is 3.08. The fourth-order valence-corrected chi connectivity index (χ4v) is 2.06. The van der Waals surface area contributed by atoms with E-state index in [1.165, 1.54) is 25.3 Å². The van der Waals surface area contributed by atoms with Crippen LogP contribution in [0, 0.1) is 5.92 Å². The molecule has 2 rings (SSSR count). The van der Waals surface area contributed by atoms with Crippen molar-refractivity contribution >= 4 is 35.1 Å². The lowest BCUT2D eigenvalue weighted by atomic mass is 10.1. The molecular weight excluding hydrogens is 284 g/mol. The summed E-state index contributed by atoms with van der Waals surface area (Å²) >= 11 is 5.97. The maximum absolute atomic E-state index is 12.0. The highest BCUT2D eigenvalue weighted by molar-refractivity contribution is 6.33. The number of hydrogen-bond acceptors (Lipinski definition) is 4. The summed E-state index contributed by atoms with van der Waals surface area (Å²) in [5.41, 5.74) is 0.603. The molecule has 2 amide bonds. The SMILES string of the molecule is COC(=O)c1ccc(Cl)c(NC(=O)C2CNC(=O)C2)c1. The van der Waals surface area contributed by atoms with E-state index in [1.54, 1.807) is 0 Å². The van der Waals surface area contributed by atoms with E-state index in [4.69, 9.17) is 11.6 Å². The number of halogens is 1. The standard InChI is InChI=1S/C13H13ClN2O4/c1-20-13(19)7-2-3-9(14)10(4-7)16-12(18)8-5-11(17)15-6-8/h2-4,8H,5-6H2,1H3,(H,15,17)(H,16,18). The maximum atomic E-state index is 12.0. The van der Waals surface area contributed by atoms with Gasteiger partial charge in [-0.15, -0.1) is 0 Å². The molecule has 7 heteroatoms. The summed E-state index contributed by atoms with van der Waals surface area (Å²) in [6, 6.07) is 4.45. The van der Waals surface area contributed by atoms with E-state index in [9.17, 15) is 14.4 Å². The lowest BCUT2D eigenvalue weighted by Gasteiger charge is -2.11. The largest absolute Gasteiger partial charge is 0.465 e. The first kappa shape index (κ1) is 14.3. The number of amides is 2. The van der Waals surface area contributed by atoms with E-state index < -0.39 is 11.9 Å². The molecular formula is C13H13ClN2O4. The van der Waals surface area contributed by atoms with Crippen molar-refractivity contribution < 1.29 is 19.1 Å². The lowest BCUT2D eigenvalue weighted by Crippen LogP contribution is -2.25. The van der Waals surface area contributed by atoms with Crippen LogP contribution < -0.4 is 10.6 Å². The summed E-state index contributed by atoms with van der Waals surface area (Å²) in [5.74, 6) is -1.41. The van der Waals surface area contributed by atoms with Gasteiger partial charge in [0.1, 0.15) is 0 Å². The first-order chi connectivity index (χ1) is 9.51. The highest BCUT2D eigenvalue weighted by atomic mass is 35.5. The van der Waals surface area contributed by atoms with Gasteiger partial charge >= 0.3 is 5.97 Å². The van der Waals surface area contributed by atoms with Crippen LogP contribution in [0.4, 0.5) is 5.69 Å². The molecule has 1 atom stereocenters. The van der Waals surface area contributed by atoms with Crippen LogP contribution in [-0.2, 0) is 14.3 Å². The second kappa shape index (κ2) is 5.92.